The smallest absolute Gasteiger partial charge is 0.161 e. The average molecular weight is 292 g/mol. The van der Waals surface area contributed by atoms with Crippen LogP contribution in [-0.4, -0.2) is 14.2 Å². The fourth-order valence-corrected chi connectivity index (χ4v) is 3.68. The third-order valence-electron chi connectivity index (χ3n) is 4.71. The van der Waals surface area contributed by atoms with Gasteiger partial charge in [-0.1, -0.05) is 0 Å². The van der Waals surface area contributed by atoms with Crippen molar-refractivity contribution in [3.8, 4) is 17.6 Å². The number of fused-ring (bicyclic) bond motifs is 5. The van der Waals surface area contributed by atoms with Crippen LogP contribution in [0, 0.1) is 11.3 Å². The first-order valence-corrected chi connectivity index (χ1v) is 7.30. The second kappa shape index (κ2) is 4.67. The lowest BCUT2D eigenvalue weighted by atomic mass is 9.95. The predicted molar refractivity (Wildman–Crippen MR) is 83.5 cm³/mol. The van der Waals surface area contributed by atoms with Crippen molar-refractivity contribution in [1.29, 1.82) is 5.26 Å². The molecule has 0 unspecified atom stereocenters. The Morgan fingerprint density at radius 3 is 2.59 bits per heavy atom. The van der Waals surface area contributed by atoms with Crippen molar-refractivity contribution in [3.05, 3.63) is 52.6 Å². The number of hydrogen-bond acceptors (Lipinski definition) is 4. The number of rotatable bonds is 2. The zero-order valence-corrected chi connectivity index (χ0v) is 12.5. The van der Waals surface area contributed by atoms with Crippen molar-refractivity contribution in [2.45, 2.75) is 18.4 Å². The number of hydrogen-bond donors (Lipinski definition) is 1. The van der Waals surface area contributed by atoms with E-state index in [9.17, 15) is 0 Å². The van der Waals surface area contributed by atoms with Gasteiger partial charge < -0.3 is 14.8 Å². The Morgan fingerprint density at radius 1 is 1.09 bits per heavy atom. The van der Waals surface area contributed by atoms with Gasteiger partial charge in [0.2, 0.25) is 0 Å². The highest BCUT2D eigenvalue weighted by atomic mass is 16.5. The molecule has 0 saturated carbocycles. The van der Waals surface area contributed by atoms with Crippen LogP contribution in [0.2, 0.25) is 0 Å². The van der Waals surface area contributed by atoms with Gasteiger partial charge in [-0.2, -0.15) is 5.26 Å². The molecule has 2 aromatic rings. The van der Waals surface area contributed by atoms with E-state index in [0.717, 1.165) is 23.6 Å². The molecule has 0 bridgehead atoms. The van der Waals surface area contributed by atoms with Crippen molar-refractivity contribution < 1.29 is 9.47 Å². The Bertz CT molecular complexity index is 807. The standard InChI is InChI=1S/C18H16N2O2/c1-21-16-7-11-6-14-13-5-10(9-19)3-4-15(13)20-18(14)12(11)8-17(16)22-2/h3-5,7-8,14,18,20H,6H2,1-2H3/t14-,18-/m1/s1. The summed E-state index contributed by atoms with van der Waals surface area (Å²) >= 11 is 0. The maximum Gasteiger partial charge on any atom is 0.161 e. The zero-order valence-electron chi connectivity index (χ0n) is 12.5. The highest BCUT2D eigenvalue weighted by molar-refractivity contribution is 5.67. The molecule has 1 aliphatic carbocycles. The first-order valence-electron chi connectivity index (χ1n) is 7.30. The molecule has 1 heterocycles. The molecule has 110 valence electrons. The quantitative estimate of drug-likeness (QED) is 0.922. The monoisotopic (exact) mass is 292 g/mol. The largest absolute Gasteiger partial charge is 0.493 e. The molecular formula is C18H16N2O2. The van der Waals surface area contributed by atoms with E-state index >= 15 is 0 Å². The molecule has 1 aliphatic heterocycles. The van der Waals surface area contributed by atoms with Crippen LogP contribution in [0.15, 0.2) is 30.3 Å². The van der Waals surface area contributed by atoms with Crippen molar-refractivity contribution >= 4 is 5.69 Å². The summed E-state index contributed by atoms with van der Waals surface area (Å²) in [6, 6.07) is 12.5. The van der Waals surface area contributed by atoms with E-state index in [1.165, 1.54) is 16.7 Å². The van der Waals surface area contributed by atoms with Crippen molar-refractivity contribution in [2.75, 3.05) is 19.5 Å². The van der Waals surface area contributed by atoms with E-state index in [1.807, 2.05) is 18.2 Å². The third kappa shape index (κ3) is 1.69. The maximum absolute atomic E-state index is 9.12. The molecule has 2 aliphatic rings. The SMILES string of the molecule is COc1cc2c(cc1OC)[C@H]1Nc3ccc(C#N)cc3[C@H]1C2. The molecule has 0 aromatic heterocycles. The Kier molecular flexibility index (Phi) is 2.77. The van der Waals surface area contributed by atoms with Gasteiger partial charge in [-0.25, -0.2) is 0 Å². The highest BCUT2D eigenvalue weighted by Gasteiger charge is 2.40. The van der Waals surface area contributed by atoms with Gasteiger partial charge in [0.25, 0.3) is 0 Å². The summed E-state index contributed by atoms with van der Waals surface area (Å²) in [6.45, 7) is 0. The molecule has 0 amide bonds. The zero-order chi connectivity index (χ0) is 15.3. The van der Waals surface area contributed by atoms with Crippen molar-refractivity contribution in [3.63, 3.8) is 0 Å². The van der Waals surface area contributed by atoms with Crippen molar-refractivity contribution in [1.82, 2.24) is 0 Å². The van der Waals surface area contributed by atoms with Crippen LogP contribution in [0.5, 0.6) is 11.5 Å². The van der Waals surface area contributed by atoms with Gasteiger partial charge >= 0.3 is 0 Å². The van der Waals surface area contributed by atoms with Crippen LogP contribution >= 0.6 is 0 Å². The summed E-state index contributed by atoms with van der Waals surface area (Å²) in [5.41, 5.74) is 5.63. The Balaban J connectivity index is 1.79. The molecular weight excluding hydrogens is 276 g/mol. The summed E-state index contributed by atoms with van der Waals surface area (Å²) in [5, 5.41) is 12.7. The molecule has 4 rings (SSSR count). The van der Waals surface area contributed by atoms with E-state index < -0.39 is 0 Å². The molecule has 0 fully saturated rings. The van der Waals surface area contributed by atoms with E-state index in [1.54, 1.807) is 14.2 Å². The topological polar surface area (TPSA) is 54.3 Å². The Labute approximate surface area is 129 Å². The number of anilines is 1. The highest BCUT2D eigenvalue weighted by Crippen LogP contribution is 2.53. The molecule has 0 spiro atoms. The van der Waals surface area contributed by atoms with E-state index in [2.05, 4.69) is 23.5 Å². The van der Waals surface area contributed by atoms with Crippen LogP contribution in [0.1, 0.15) is 34.2 Å². The number of methoxy groups -OCH3 is 2. The number of nitriles is 1. The van der Waals surface area contributed by atoms with Crippen LogP contribution < -0.4 is 14.8 Å². The second-order valence-corrected chi connectivity index (χ2v) is 5.75. The number of ether oxygens (including phenoxy) is 2. The van der Waals surface area contributed by atoms with Crippen LogP contribution in [0.4, 0.5) is 5.69 Å². The summed E-state index contributed by atoms with van der Waals surface area (Å²) in [4.78, 5) is 0. The summed E-state index contributed by atoms with van der Waals surface area (Å²) in [6.07, 6.45) is 0.954. The van der Waals surface area contributed by atoms with E-state index in [0.29, 0.717) is 11.5 Å². The molecule has 22 heavy (non-hydrogen) atoms. The van der Waals surface area contributed by atoms with Crippen molar-refractivity contribution in [2.24, 2.45) is 0 Å². The number of benzene rings is 2. The molecule has 2 atom stereocenters. The van der Waals surface area contributed by atoms with Gasteiger partial charge in [-0.15, -0.1) is 0 Å². The van der Waals surface area contributed by atoms with Crippen LogP contribution in [0.25, 0.3) is 0 Å². The fourth-order valence-electron chi connectivity index (χ4n) is 3.68. The summed E-state index contributed by atoms with van der Waals surface area (Å²) in [7, 11) is 3.32. The molecule has 0 saturated heterocycles. The van der Waals surface area contributed by atoms with Gasteiger partial charge in [0.15, 0.2) is 11.5 Å². The van der Waals surface area contributed by atoms with E-state index in [-0.39, 0.29) is 6.04 Å². The first kappa shape index (κ1) is 13.0. The van der Waals surface area contributed by atoms with Gasteiger partial charge in [-0.3, -0.25) is 0 Å². The molecule has 4 nitrogen and oxygen atoms in total. The second-order valence-electron chi connectivity index (χ2n) is 5.75. The fraction of sp³-hybridized carbons (Fsp3) is 0.278. The first-order chi connectivity index (χ1) is 10.7. The van der Waals surface area contributed by atoms with E-state index in [4.69, 9.17) is 14.7 Å². The van der Waals surface area contributed by atoms with Gasteiger partial charge in [0, 0.05) is 11.6 Å². The summed E-state index contributed by atoms with van der Waals surface area (Å²) < 4.78 is 10.8. The summed E-state index contributed by atoms with van der Waals surface area (Å²) in [5.74, 6) is 1.90. The minimum Gasteiger partial charge on any atom is -0.493 e. The van der Waals surface area contributed by atoms with Crippen LogP contribution in [0.3, 0.4) is 0 Å². The average Bonchev–Trinajstić information content (AvgIpc) is 3.08. The van der Waals surface area contributed by atoms with Gasteiger partial charge in [0.05, 0.1) is 31.9 Å². The lowest BCUT2D eigenvalue weighted by Gasteiger charge is -2.14. The van der Waals surface area contributed by atoms with Gasteiger partial charge in [-0.05, 0) is 53.4 Å². The minimum atomic E-state index is 0.249. The lowest BCUT2D eigenvalue weighted by molar-refractivity contribution is 0.354. The third-order valence-corrected chi connectivity index (χ3v) is 4.71. The minimum absolute atomic E-state index is 0.249. The molecule has 4 heteroatoms. The van der Waals surface area contributed by atoms with Crippen LogP contribution in [-0.2, 0) is 6.42 Å². The number of nitrogens with one attached hydrogen (secondary N) is 1. The molecule has 0 radical (unpaired) electrons. The normalized spacial score (nSPS) is 20.4. The molecule has 1 N–H and O–H groups in total. The maximum atomic E-state index is 9.12. The lowest BCUT2D eigenvalue weighted by Crippen LogP contribution is -2.05. The Morgan fingerprint density at radius 2 is 1.86 bits per heavy atom. The molecule has 2 aromatic carbocycles. The predicted octanol–water partition coefficient (Wildman–Crippen LogP) is 3.38. The number of nitrogens with zero attached hydrogens (tertiary/aromatic N) is 1. The van der Waals surface area contributed by atoms with Gasteiger partial charge in [0.1, 0.15) is 0 Å². The Hall–Kier alpha value is -2.67.